The summed E-state index contributed by atoms with van der Waals surface area (Å²) in [5.74, 6) is 0. The molecular formula is C24H37N3. The molecule has 0 aliphatic carbocycles. The lowest BCUT2D eigenvalue weighted by Gasteiger charge is -2.27. The minimum Gasteiger partial charge on any atom is -0.341 e. The van der Waals surface area contributed by atoms with Crippen molar-refractivity contribution >= 4 is 11.4 Å². The molecule has 0 spiro atoms. The van der Waals surface area contributed by atoms with Gasteiger partial charge in [-0.3, -0.25) is 0 Å². The Morgan fingerprint density at radius 3 is 1.93 bits per heavy atom. The van der Waals surface area contributed by atoms with Crippen molar-refractivity contribution < 1.29 is 0 Å². The molecular weight excluding hydrogens is 330 g/mol. The average molecular weight is 368 g/mol. The first kappa shape index (κ1) is 21.5. The smallest absolute Gasteiger partial charge is 0.0410 e. The summed E-state index contributed by atoms with van der Waals surface area (Å²) in [6.45, 7) is 9.41. The Labute approximate surface area is 165 Å². The van der Waals surface area contributed by atoms with E-state index in [1.54, 1.807) is 0 Å². The van der Waals surface area contributed by atoms with E-state index in [2.05, 4.69) is 73.3 Å². The molecule has 0 heterocycles. The Bertz CT molecular complexity index is 669. The highest BCUT2D eigenvalue weighted by Crippen LogP contribution is 2.28. The first-order chi connectivity index (χ1) is 12.7. The van der Waals surface area contributed by atoms with Crippen LogP contribution in [-0.2, 0) is 5.54 Å². The Kier molecular flexibility index (Phi) is 7.46. The van der Waals surface area contributed by atoms with Crippen LogP contribution in [0.1, 0.15) is 65.4 Å². The second-order valence-corrected chi connectivity index (χ2v) is 8.57. The molecule has 3 nitrogen and oxygen atoms in total. The average Bonchev–Trinajstić information content (AvgIpc) is 2.65. The van der Waals surface area contributed by atoms with Crippen LogP contribution in [0, 0.1) is 0 Å². The summed E-state index contributed by atoms with van der Waals surface area (Å²) in [6.07, 6.45) is 5.66. The minimum absolute atomic E-state index is 0.0238. The molecule has 0 bridgehead atoms. The van der Waals surface area contributed by atoms with Gasteiger partial charge in [0.2, 0.25) is 0 Å². The molecule has 2 aromatic carbocycles. The molecule has 1 unspecified atom stereocenters. The molecule has 0 radical (unpaired) electrons. The van der Waals surface area contributed by atoms with E-state index in [1.807, 2.05) is 13.8 Å². The topological polar surface area (TPSA) is 55.3 Å². The van der Waals surface area contributed by atoms with Gasteiger partial charge < -0.3 is 16.4 Å². The van der Waals surface area contributed by atoms with Crippen molar-refractivity contribution in [3.63, 3.8) is 0 Å². The molecule has 0 saturated heterocycles. The fraction of sp³-hybridized carbons (Fsp3) is 0.500. The van der Waals surface area contributed by atoms with E-state index in [0.717, 1.165) is 31.4 Å². The fourth-order valence-electron chi connectivity index (χ4n) is 3.24. The van der Waals surface area contributed by atoms with Gasteiger partial charge in [0.1, 0.15) is 0 Å². The van der Waals surface area contributed by atoms with Crippen LogP contribution >= 0.6 is 0 Å². The molecule has 0 fully saturated rings. The van der Waals surface area contributed by atoms with Gasteiger partial charge in [0.05, 0.1) is 0 Å². The second kappa shape index (κ2) is 9.38. The molecule has 2 rings (SSSR count). The molecule has 0 saturated carbocycles. The zero-order valence-corrected chi connectivity index (χ0v) is 17.5. The standard InChI is InChI=1S/C24H37N3/c1-5-24(4,26)18-10-7-11-19-27(21-12-8-6-9-13-21)22-16-14-20(15-17-22)23(2,3)25/h6,8-9,12-17H,5,7,10-11,18-19,25-26H2,1-4H3. The monoisotopic (exact) mass is 367 g/mol. The number of nitrogens with two attached hydrogens (primary N) is 2. The predicted molar refractivity (Wildman–Crippen MR) is 118 cm³/mol. The van der Waals surface area contributed by atoms with Gasteiger partial charge in [-0.25, -0.2) is 0 Å². The van der Waals surface area contributed by atoms with Gasteiger partial charge >= 0.3 is 0 Å². The maximum absolute atomic E-state index is 6.27. The second-order valence-electron chi connectivity index (χ2n) is 8.57. The Hall–Kier alpha value is -1.84. The van der Waals surface area contributed by atoms with E-state index in [9.17, 15) is 0 Å². The number of anilines is 2. The van der Waals surface area contributed by atoms with Gasteiger partial charge in [0, 0.05) is 29.0 Å². The van der Waals surface area contributed by atoms with Crippen molar-refractivity contribution in [2.75, 3.05) is 11.4 Å². The van der Waals surface area contributed by atoms with Gasteiger partial charge in [0.15, 0.2) is 0 Å². The van der Waals surface area contributed by atoms with Crippen molar-refractivity contribution in [3.8, 4) is 0 Å². The van der Waals surface area contributed by atoms with E-state index in [0.29, 0.717) is 0 Å². The molecule has 148 valence electrons. The van der Waals surface area contributed by atoms with Crippen LogP contribution in [0.15, 0.2) is 54.6 Å². The largest absolute Gasteiger partial charge is 0.341 e. The SMILES string of the molecule is CCC(C)(N)CCCCCN(c1ccccc1)c1ccc(C(C)(C)N)cc1. The summed E-state index contributed by atoms with van der Waals surface area (Å²) in [4.78, 5) is 2.40. The molecule has 0 aliphatic heterocycles. The van der Waals surface area contributed by atoms with Gasteiger partial charge in [0.25, 0.3) is 0 Å². The molecule has 0 amide bonds. The van der Waals surface area contributed by atoms with Crippen LogP contribution in [0.4, 0.5) is 11.4 Å². The normalized spacial score (nSPS) is 14.0. The van der Waals surface area contributed by atoms with Crippen LogP contribution in [-0.4, -0.2) is 12.1 Å². The fourth-order valence-corrected chi connectivity index (χ4v) is 3.24. The van der Waals surface area contributed by atoms with Crippen molar-refractivity contribution in [3.05, 3.63) is 60.2 Å². The highest BCUT2D eigenvalue weighted by molar-refractivity contribution is 5.63. The number of hydrogen-bond donors (Lipinski definition) is 2. The number of rotatable bonds is 10. The van der Waals surface area contributed by atoms with Crippen molar-refractivity contribution in [1.82, 2.24) is 0 Å². The first-order valence-corrected chi connectivity index (χ1v) is 10.2. The van der Waals surface area contributed by atoms with Crippen LogP contribution in [0.3, 0.4) is 0 Å². The van der Waals surface area contributed by atoms with E-state index in [-0.39, 0.29) is 11.1 Å². The highest BCUT2D eigenvalue weighted by Gasteiger charge is 2.16. The summed E-state index contributed by atoms with van der Waals surface area (Å²) in [5, 5.41) is 0. The van der Waals surface area contributed by atoms with Crippen LogP contribution in [0.5, 0.6) is 0 Å². The Balaban J connectivity index is 2.05. The zero-order valence-electron chi connectivity index (χ0n) is 17.5. The van der Waals surface area contributed by atoms with E-state index in [4.69, 9.17) is 11.5 Å². The van der Waals surface area contributed by atoms with Crippen molar-refractivity contribution in [1.29, 1.82) is 0 Å². The van der Waals surface area contributed by atoms with Gasteiger partial charge in [-0.05, 0) is 69.9 Å². The predicted octanol–water partition coefficient (Wildman–Crippen LogP) is 5.71. The number of nitrogens with zero attached hydrogens (tertiary/aromatic N) is 1. The summed E-state index contributed by atoms with van der Waals surface area (Å²) in [7, 11) is 0. The van der Waals surface area contributed by atoms with Crippen molar-refractivity contribution in [2.24, 2.45) is 11.5 Å². The van der Waals surface area contributed by atoms with Gasteiger partial charge in [-0.2, -0.15) is 0 Å². The molecule has 0 aromatic heterocycles. The number of benzene rings is 2. The summed E-state index contributed by atoms with van der Waals surface area (Å²) >= 11 is 0. The highest BCUT2D eigenvalue weighted by atomic mass is 15.1. The third-order valence-electron chi connectivity index (χ3n) is 5.43. The molecule has 4 N–H and O–H groups in total. The lowest BCUT2D eigenvalue weighted by atomic mass is 9.93. The van der Waals surface area contributed by atoms with Crippen LogP contribution < -0.4 is 16.4 Å². The number of hydrogen-bond acceptors (Lipinski definition) is 3. The maximum Gasteiger partial charge on any atom is 0.0410 e. The summed E-state index contributed by atoms with van der Waals surface area (Å²) < 4.78 is 0. The maximum atomic E-state index is 6.27. The van der Waals surface area contributed by atoms with Crippen molar-refractivity contribution in [2.45, 2.75) is 70.9 Å². The Morgan fingerprint density at radius 1 is 0.778 bits per heavy atom. The first-order valence-electron chi connectivity index (χ1n) is 10.2. The third kappa shape index (κ3) is 6.67. The van der Waals surface area contributed by atoms with Crippen LogP contribution in [0.2, 0.25) is 0 Å². The number of unbranched alkanes of at least 4 members (excludes halogenated alkanes) is 2. The molecule has 0 aliphatic rings. The van der Waals surface area contributed by atoms with E-state index >= 15 is 0 Å². The lowest BCUT2D eigenvalue weighted by Crippen LogP contribution is -2.34. The minimum atomic E-state index is -0.315. The molecule has 2 aromatic rings. The van der Waals surface area contributed by atoms with E-state index in [1.165, 1.54) is 24.2 Å². The van der Waals surface area contributed by atoms with Gasteiger partial charge in [-0.1, -0.05) is 50.1 Å². The third-order valence-corrected chi connectivity index (χ3v) is 5.43. The molecule has 1 atom stereocenters. The van der Waals surface area contributed by atoms with Crippen LogP contribution in [0.25, 0.3) is 0 Å². The number of para-hydroxylation sites is 1. The molecule has 27 heavy (non-hydrogen) atoms. The van der Waals surface area contributed by atoms with Gasteiger partial charge in [-0.15, -0.1) is 0 Å². The lowest BCUT2D eigenvalue weighted by molar-refractivity contribution is 0.397. The molecule has 3 heteroatoms. The quantitative estimate of drug-likeness (QED) is 0.529. The summed E-state index contributed by atoms with van der Waals surface area (Å²) in [5.41, 5.74) is 15.8. The Morgan fingerprint density at radius 2 is 1.37 bits per heavy atom. The zero-order chi connectivity index (χ0) is 19.9. The van der Waals surface area contributed by atoms with E-state index < -0.39 is 0 Å². The summed E-state index contributed by atoms with van der Waals surface area (Å²) in [6, 6.07) is 19.3.